The molecule has 0 saturated heterocycles. The van der Waals surface area contributed by atoms with Crippen LogP contribution in [0.15, 0.2) is 66.2 Å². The van der Waals surface area contributed by atoms with E-state index in [1.54, 1.807) is 18.5 Å². The van der Waals surface area contributed by atoms with Gasteiger partial charge in [0.05, 0.1) is 29.0 Å². The summed E-state index contributed by atoms with van der Waals surface area (Å²) in [4.78, 5) is 16.3. The average Bonchev–Trinajstić information content (AvgIpc) is 3.42. The molecular formula is C31H42FN5. The fraction of sp³-hybridized carbons (Fsp3) is 0.452. The number of nitrogens with one attached hydrogen (secondary N) is 2. The molecule has 0 unspecified atom stereocenters. The summed E-state index contributed by atoms with van der Waals surface area (Å²) in [5, 5.41) is 3.14. The maximum Gasteiger partial charge on any atom is 0.164 e. The van der Waals surface area contributed by atoms with E-state index >= 15 is 0 Å². The van der Waals surface area contributed by atoms with Crippen LogP contribution >= 0.6 is 0 Å². The van der Waals surface area contributed by atoms with Gasteiger partial charge in [-0.3, -0.25) is 9.97 Å². The molecule has 37 heavy (non-hydrogen) atoms. The molecule has 3 aromatic rings. The van der Waals surface area contributed by atoms with Crippen molar-refractivity contribution in [3.63, 3.8) is 0 Å². The van der Waals surface area contributed by atoms with Gasteiger partial charge in [-0.1, -0.05) is 84.3 Å². The molecule has 198 valence electrons. The van der Waals surface area contributed by atoms with Crippen molar-refractivity contribution >= 4 is 17.2 Å². The zero-order valence-corrected chi connectivity index (χ0v) is 22.6. The normalized spacial score (nSPS) is 14.7. The smallest absolute Gasteiger partial charge is 0.164 e. The van der Waals surface area contributed by atoms with Crippen LogP contribution in [0.1, 0.15) is 95.5 Å². The molecule has 0 radical (unpaired) electrons. The molecule has 0 aromatic carbocycles. The Bertz CT molecular complexity index is 1110. The van der Waals surface area contributed by atoms with Gasteiger partial charge in [0, 0.05) is 18.6 Å². The number of aromatic nitrogens is 3. The number of anilines is 1. The molecule has 5 nitrogen and oxygen atoms in total. The zero-order valence-electron chi connectivity index (χ0n) is 22.6. The summed E-state index contributed by atoms with van der Waals surface area (Å²) < 4.78 is 14.2. The first-order valence-electron chi connectivity index (χ1n) is 13.9. The predicted octanol–water partition coefficient (Wildman–Crippen LogP) is 8.57. The summed E-state index contributed by atoms with van der Waals surface area (Å²) in [5.41, 5.74) is 3.76. The van der Waals surface area contributed by atoms with Crippen LogP contribution in [0, 0.1) is 11.7 Å². The first kappa shape index (κ1) is 28.3. The summed E-state index contributed by atoms with van der Waals surface area (Å²) in [6.45, 7) is 6.49. The lowest BCUT2D eigenvalue weighted by atomic mass is 9.86. The maximum atomic E-state index is 14.2. The standard InChI is InChI=1S/C22H24FN5.C9H18/c1-3-5-8-20(19-9-6-7-12-25-19)28-22(21-16(4-2)10-14-26-21)27-18-11-13-24-15-17(18)23;1-2-6-9-7-4-3-5-8-9/h6-15,26H,3-5H2,1-2H3,(H,24,27,28);9H,2-8H2,1H3/b20-8+;. The van der Waals surface area contributed by atoms with Crippen LogP contribution in [0.2, 0.25) is 0 Å². The highest BCUT2D eigenvalue weighted by atomic mass is 19.1. The fourth-order valence-electron chi connectivity index (χ4n) is 4.67. The van der Waals surface area contributed by atoms with Crippen molar-refractivity contribution in [1.82, 2.24) is 15.0 Å². The van der Waals surface area contributed by atoms with Crippen molar-refractivity contribution in [3.05, 3.63) is 84.0 Å². The minimum atomic E-state index is -0.434. The van der Waals surface area contributed by atoms with Gasteiger partial charge in [0.25, 0.3) is 0 Å². The summed E-state index contributed by atoms with van der Waals surface area (Å²) >= 11 is 0. The predicted molar refractivity (Wildman–Crippen MR) is 153 cm³/mol. The quantitative estimate of drug-likeness (QED) is 0.227. The topological polar surface area (TPSA) is 66.0 Å². The third kappa shape index (κ3) is 8.96. The van der Waals surface area contributed by atoms with Gasteiger partial charge in [-0.05, 0) is 48.6 Å². The van der Waals surface area contributed by atoms with Crippen LogP contribution < -0.4 is 5.32 Å². The summed E-state index contributed by atoms with van der Waals surface area (Å²) in [7, 11) is 0. The molecule has 1 aliphatic rings. The number of halogens is 1. The van der Waals surface area contributed by atoms with Crippen LogP contribution in [-0.4, -0.2) is 20.8 Å². The van der Waals surface area contributed by atoms with E-state index in [2.05, 4.69) is 47.1 Å². The second-order valence-electron chi connectivity index (χ2n) is 9.56. The third-order valence-corrected chi connectivity index (χ3v) is 6.68. The van der Waals surface area contributed by atoms with E-state index in [9.17, 15) is 4.39 Å². The molecule has 0 bridgehead atoms. The van der Waals surface area contributed by atoms with Crippen molar-refractivity contribution in [2.45, 2.75) is 85.0 Å². The number of aryl methyl sites for hydroxylation is 1. The average molecular weight is 504 g/mol. The minimum Gasteiger partial charge on any atom is -0.358 e. The largest absolute Gasteiger partial charge is 0.358 e. The molecule has 1 aliphatic carbocycles. The fourth-order valence-corrected chi connectivity index (χ4v) is 4.67. The van der Waals surface area contributed by atoms with Crippen LogP contribution in [0.4, 0.5) is 10.1 Å². The Balaban J connectivity index is 0.000000356. The van der Waals surface area contributed by atoms with E-state index < -0.39 is 5.82 Å². The Morgan fingerprint density at radius 2 is 1.92 bits per heavy atom. The Labute approximate surface area is 221 Å². The van der Waals surface area contributed by atoms with Crippen molar-refractivity contribution in [2.24, 2.45) is 10.9 Å². The van der Waals surface area contributed by atoms with E-state index in [0.717, 1.165) is 47.8 Å². The summed E-state index contributed by atoms with van der Waals surface area (Å²) in [6, 6.07) is 9.32. The molecule has 1 saturated carbocycles. The molecule has 0 aliphatic heterocycles. The first-order chi connectivity index (χ1) is 18.2. The SMILES string of the molecule is CCC/C=C(/N=C(Nc1ccncc1F)c1[nH]ccc1CC)c1ccccn1.CCCC1CCCCC1. The third-order valence-electron chi connectivity index (χ3n) is 6.68. The number of pyridine rings is 2. The number of rotatable bonds is 9. The number of unbranched alkanes of at least 4 members (excludes halogenated alkanes) is 1. The van der Waals surface area contributed by atoms with E-state index in [4.69, 9.17) is 4.99 Å². The monoisotopic (exact) mass is 503 g/mol. The molecule has 1 fully saturated rings. The molecule has 3 aromatic heterocycles. The Morgan fingerprint density at radius 1 is 1.08 bits per heavy atom. The lowest BCUT2D eigenvalue weighted by Crippen LogP contribution is -2.17. The van der Waals surface area contributed by atoms with E-state index in [-0.39, 0.29) is 0 Å². The maximum absolute atomic E-state index is 14.2. The number of amidine groups is 1. The number of nitrogens with zero attached hydrogens (tertiary/aromatic N) is 3. The van der Waals surface area contributed by atoms with Crippen LogP contribution in [0.5, 0.6) is 0 Å². The van der Waals surface area contributed by atoms with Gasteiger partial charge >= 0.3 is 0 Å². The highest BCUT2D eigenvalue weighted by molar-refractivity contribution is 6.10. The molecule has 0 amide bonds. The van der Waals surface area contributed by atoms with Gasteiger partial charge in [-0.25, -0.2) is 9.38 Å². The molecule has 0 atom stereocenters. The zero-order chi connectivity index (χ0) is 26.3. The molecule has 2 N–H and O–H groups in total. The van der Waals surface area contributed by atoms with Gasteiger partial charge in [0.1, 0.15) is 0 Å². The van der Waals surface area contributed by atoms with Gasteiger partial charge in [-0.15, -0.1) is 0 Å². The van der Waals surface area contributed by atoms with Crippen molar-refractivity contribution < 1.29 is 4.39 Å². The Kier molecular flexibility index (Phi) is 12.0. The van der Waals surface area contributed by atoms with Gasteiger partial charge in [0.2, 0.25) is 0 Å². The highest BCUT2D eigenvalue weighted by Crippen LogP contribution is 2.27. The summed E-state index contributed by atoms with van der Waals surface area (Å²) in [6.07, 6.45) is 21.5. The lowest BCUT2D eigenvalue weighted by Gasteiger charge is -2.20. The van der Waals surface area contributed by atoms with E-state index in [0.29, 0.717) is 11.5 Å². The Hall–Kier alpha value is -3.28. The lowest BCUT2D eigenvalue weighted by molar-refractivity contribution is 0.336. The number of aliphatic imine (C=N–C) groups is 1. The van der Waals surface area contributed by atoms with Gasteiger partial charge in [-0.2, -0.15) is 0 Å². The van der Waals surface area contributed by atoms with Crippen LogP contribution in [0.25, 0.3) is 5.70 Å². The molecule has 3 heterocycles. The molecule has 0 spiro atoms. The number of aromatic amines is 1. The first-order valence-corrected chi connectivity index (χ1v) is 13.9. The van der Waals surface area contributed by atoms with Crippen LogP contribution in [-0.2, 0) is 6.42 Å². The van der Waals surface area contributed by atoms with E-state index in [1.165, 1.54) is 51.1 Å². The number of allylic oxidation sites excluding steroid dienone is 1. The van der Waals surface area contributed by atoms with Crippen LogP contribution in [0.3, 0.4) is 0 Å². The highest BCUT2D eigenvalue weighted by Gasteiger charge is 2.14. The summed E-state index contributed by atoms with van der Waals surface area (Å²) in [5.74, 6) is 1.21. The second kappa shape index (κ2) is 15.7. The van der Waals surface area contributed by atoms with Crippen molar-refractivity contribution in [3.8, 4) is 0 Å². The number of hydrogen-bond donors (Lipinski definition) is 2. The Morgan fingerprint density at radius 3 is 2.59 bits per heavy atom. The number of H-pyrrole nitrogens is 1. The molecule has 4 rings (SSSR count). The van der Waals surface area contributed by atoms with Crippen molar-refractivity contribution in [1.29, 1.82) is 0 Å². The number of hydrogen-bond acceptors (Lipinski definition) is 3. The molecular weight excluding hydrogens is 461 g/mol. The minimum absolute atomic E-state index is 0.321. The molecule has 6 heteroatoms. The van der Waals surface area contributed by atoms with Crippen molar-refractivity contribution in [2.75, 3.05) is 5.32 Å². The van der Waals surface area contributed by atoms with Gasteiger partial charge < -0.3 is 10.3 Å². The van der Waals surface area contributed by atoms with E-state index in [1.807, 2.05) is 30.5 Å². The second-order valence-corrected chi connectivity index (χ2v) is 9.56. The van der Waals surface area contributed by atoms with Gasteiger partial charge in [0.15, 0.2) is 11.7 Å².